The van der Waals surface area contributed by atoms with E-state index in [0.717, 1.165) is 16.3 Å². The fourth-order valence-electron chi connectivity index (χ4n) is 2.82. The first-order valence-electron chi connectivity index (χ1n) is 7.94. The third kappa shape index (κ3) is 2.88. The summed E-state index contributed by atoms with van der Waals surface area (Å²) in [4.78, 5) is 24.8. The lowest BCUT2D eigenvalue weighted by Crippen LogP contribution is -2.13. The normalized spacial score (nSPS) is 11.4. The highest BCUT2D eigenvalue weighted by atomic mass is 16.3. The van der Waals surface area contributed by atoms with Crippen molar-refractivity contribution >= 4 is 33.6 Å². The van der Waals surface area contributed by atoms with Gasteiger partial charge in [-0.15, -0.1) is 0 Å². The molecule has 3 nitrogen and oxygen atoms in total. The van der Waals surface area contributed by atoms with Gasteiger partial charge < -0.3 is 4.42 Å². The van der Waals surface area contributed by atoms with Crippen LogP contribution in [0.15, 0.2) is 88.3 Å². The molecule has 1 heterocycles. The Morgan fingerprint density at radius 2 is 1.64 bits per heavy atom. The maximum atomic E-state index is 12.4. The van der Waals surface area contributed by atoms with Crippen molar-refractivity contribution in [1.82, 2.24) is 0 Å². The third-order valence-electron chi connectivity index (χ3n) is 4.15. The van der Waals surface area contributed by atoms with Gasteiger partial charge in [-0.3, -0.25) is 9.59 Å². The molecule has 0 aliphatic heterocycles. The average molecular weight is 326 g/mol. The van der Waals surface area contributed by atoms with Crippen LogP contribution in [0.25, 0.3) is 27.8 Å². The van der Waals surface area contributed by atoms with Gasteiger partial charge in [0, 0.05) is 0 Å². The third-order valence-corrected chi connectivity index (χ3v) is 4.15. The van der Waals surface area contributed by atoms with Crippen molar-refractivity contribution in [3.8, 4) is 0 Å². The number of ketones is 1. The van der Waals surface area contributed by atoms with Gasteiger partial charge in [0.15, 0.2) is 5.78 Å². The second-order valence-corrected chi connectivity index (χ2v) is 5.78. The summed E-state index contributed by atoms with van der Waals surface area (Å²) in [5.41, 5.74) is 1.10. The quantitative estimate of drug-likeness (QED) is 0.400. The summed E-state index contributed by atoms with van der Waals surface area (Å²) in [6.45, 7) is 0. The lowest BCUT2D eigenvalue weighted by atomic mass is 10.1. The van der Waals surface area contributed by atoms with E-state index in [9.17, 15) is 9.59 Å². The SMILES string of the molecule is O=C(C=Cc1ccc2ccccc2c1)c1coc2ccccc2c1=O. The van der Waals surface area contributed by atoms with Crippen molar-refractivity contribution in [3.05, 3.63) is 100 Å². The summed E-state index contributed by atoms with van der Waals surface area (Å²) in [5, 5.41) is 2.65. The van der Waals surface area contributed by atoms with Crippen LogP contribution >= 0.6 is 0 Å². The van der Waals surface area contributed by atoms with Crippen LogP contribution in [0, 0.1) is 0 Å². The fourth-order valence-corrected chi connectivity index (χ4v) is 2.82. The summed E-state index contributed by atoms with van der Waals surface area (Å²) in [5.74, 6) is -0.368. The molecule has 0 fully saturated rings. The Morgan fingerprint density at radius 1 is 0.880 bits per heavy atom. The predicted octanol–water partition coefficient (Wildman–Crippen LogP) is 4.84. The summed E-state index contributed by atoms with van der Waals surface area (Å²) in [6, 6.07) is 20.9. The van der Waals surface area contributed by atoms with Crippen molar-refractivity contribution in [3.63, 3.8) is 0 Å². The zero-order valence-corrected chi connectivity index (χ0v) is 13.3. The van der Waals surface area contributed by atoms with Gasteiger partial charge in [-0.1, -0.05) is 54.6 Å². The lowest BCUT2D eigenvalue weighted by Gasteiger charge is -2.00. The number of carbonyl (C=O) groups excluding carboxylic acids is 1. The number of carbonyl (C=O) groups is 1. The molecule has 4 rings (SSSR count). The highest BCUT2D eigenvalue weighted by Crippen LogP contribution is 2.17. The molecule has 0 amide bonds. The van der Waals surface area contributed by atoms with Crippen LogP contribution in [0.4, 0.5) is 0 Å². The molecule has 0 saturated carbocycles. The van der Waals surface area contributed by atoms with Crippen LogP contribution in [0.1, 0.15) is 15.9 Å². The Labute approximate surface area is 143 Å². The largest absolute Gasteiger partial charge is 0.463 e. The summed E-state index contributed by atoms with van der Waals surface area (Å²) >= 11 is 0. The van der Waals surface area contributed by atoms with Gasteiger partial charge >= 0.3 is 0 Å². The van der Waals surface area contributed by atoms with E-state index in [2.05, 4.69) is 0 Å². The van der Waals surface area contributed by atoms with Crippen LogP contribution in [0.3, 0.4) is 0 Å². The van der Waals surface area contributed by atoms with E-state index in [1.165, 1.54) is 12.3 Å². The molecule has 0 saturated heterocycles. The van der Waals surface area contributed by atoms with Gasteiger partial charge in [-0.25, -0.2) is 0 Å². The Balaban J connectivity index is 1.68. The molecular formula is C22H14O3. The molecule has 0 bridgehead atoms. The number of allylic oxidation sites excluding steroid dienone is 1. The zero-order chi connectivity index (χ0) is 17.2. The van der Waals surface area contributed by atoms with Gasteiger partial charge in [0.1, 0.15) is 17.4 Å². The molecule has 0 radical (unpaired) electrons. The van der Waals surface area contributed by atoms with Gasteiger partial charge in [0.25, 0.3) is 0 Å². The number of hydrogen-bond donors (Lipinski definition) is 0. The highest BCUT2D eigenvalue weighted by Gasteiger charge is 2.11. The molecule has 0 N–H and O–H groups in total. The first-order chi connectivity index (χ1) is 12.2. The van der Waals surface area contributed by atoms with E-state index in [1.807, 2.05) is 42.5 Å². The highest BCUT2D eigenvalue weighted by molar-refractivity contribution is 6.07. The van der Waals surface area contributed by atoms with Crippen molar-refractivity contribution in [2.45, 2.75) is 0 Å². The number of rotatable bonds is 3. The Hall–Kier alpha value is -3.46. The number of para-hydroxylation sites is 1. The molecule has 3 aromatic carbocycles. The fraction of sp³-hybridized carbons (Fsp3) is 0. The molecule has 0 aliphatic rings. The van der Waals surface area contributed by atoms with E-state index >= 15 is 0 Å². The lowest BCUT2D eigenvalue weighted by molar-refractivity contribution is 0.104. The molecule has 0 spiro atoms. The van der Waals surface area contributed by atoms with Crippen LogP contribution in [-0.2, 0) is 0 Å². The number of fused-ring (bicyclic) bond motifs is 2. The van der Waals surface area contributed by atoms with Crippen LogP contribution in [0.2, 0.25) is 0 Å². The van der Waals surface area contributed by atoms with Crippen molar-refractivity contribution in [2.24, 2.45) is 0 Å². The molecule has 0 unspecified atom stereocenters. The minimum atomic E-state index is -0.368. The Kier molecular flexibility index (Phi) is 3.75. The first kappa shape index (κ1) is 15.1. The van der Waals surface area contributed by atoms with E-state index in [1.54, 1.807) is 30.3 Å². The first-order valence-corrected chi connectivity index (χ1v) is 7.94. The Morgan fingerprint density at radius 3 is 2.52 bits per heavy atom. The Bertz CT molecular complexity index is 1180. The van der Waals surface area contributed by atoms with Crippen LogP contribution in [-0.4, -0.2) is 5.78 Å². The van der Waals surface area contributed by atoms with Gasteiger partial charge in [0.05, 0.1) is 5.39 Å². The van der Waals surface area contributed by atoms with E-state index < -0.39 is 0 Å². The van der Waals surface area contributed by atoms with Crippen LogP contribution in [0.5, 0.6) is 0 Å². The summed E-state index contributed by atoms with van der Waals surface area (Å²) in [6.07, 6.45) is 4.35. The monoisotopic (exact) mass is 326 g/mol. The van der Waals surface area contributed by atoms with E-state index in [0.29, 0.717) is 11.0 Å². The minimum Gasteiger partial charge on any atom is -0.463 e. The van der Waals surface area contributed by atoms with Crippen molar-refractivity contribution in [2.75, 3.05) is 0 Å². The molecule has 25 heavy (non-hydrogen) atoms. The van der Waals surface area contributed by atoms with Crippen LogP contribution < -0.4 is 5.43 Å². The molecular weight excluding hydrogens is 312 g/mol. The molecule has 3 heteroatoms. The zero-order valence-electron chi connectivity index (χ0n) is 13.3. The topological polar surface area (TPSA) is 47.3 Å². The molecule has 0 atom stereocenters. The molecule has 0 aliphatic carbocycles. The molecule has 4 aromatic rings. The maximum absolute atomic E-state index is 12.4. The minimum absolute atomic E-state index is 0.0377. The van der Waals surface area contributed by atoms with Gasteiger partial charge in [-0.2, -0.15) is 0 Å². The van der Waals surface area contributed by atoms with Gasteiger partial charge in [-0.05, 0) is 40.6 Å². The maximum Gasteiger partial charge on any atom is 0.203 e. The standard InChI is InChI=1S/C22H14O3/c23-20(19-14-25-21-8-4-3-7-18(21)22(19)24)12-10-15-9-11-16-5-1-2-6-17(16)13-15/h1-14H. The smallest absolute Gasteiger partial charge is 0.203 e. The predicted molar refractivity (Wildman–Crippen MR) is 99.8 cm³/mol. The molecule has 120 valence electrons. The second-order valence-electron chi connectivity index (χ2n) is 5.78. The molecule has 1 aromatic heterocycles. The average Bonchev–Trinajstić information content (AvgIpc) is 2.66. The number of benzene rings is 3. The van der Waals surface area contributed by atoms with E-state index in [4.69, 9.17) is 4.42 Å². The van der Waals surface area contributed by atoms with Crippen molar-refractivity contribution < 1.29 is 9.21 Å². The summed E-state index contributed by atoms with van der Waals surface area (Å²) in [7, 11) is 0. The second kappa shape index (κ2) is 6.21. The summed E-state index contributed by atoms with van der Waals surface area (Å²) < 4.78 is 5.40. The van der Waals surface area contributed by atoms with Gasteiger partial charge in [0.2, 0.25) is 5.43 Å². The van der Waals surface area contributed by atoms with E-state index in [-0.39, 0.29) is 16.8 Å². The van der Waals surface area contributed by atoms with Crippen molar-refractivity contribution in [1.29, 1.82) is 0 Å². The number of hydrogen-bond acceptors (Lipinski definition) is 3.